The molecule has 3 aliphatic carbocycles. The van der Waals surface area contributed by atoms with Crippen LogP contribution in [0.25, 0.3) is 11.0 Å². The van der Waals surface area contributed by atoms with Crippen molar-refractivity contribution in [3.8, 4) is 0 Å². The van der Waals surface area contributed by atoms with Crippen LogP contribution >= 0.6 is 0 Å². The van der Waals surface area contributed by atoms with E-state index >= 15 is 0 Å². The van der Waals surface area contributed by atoms with Crippen molar-refractivity contribution in [3.05, 3.63) is 65.5 Å². The summed E-state index contributed by atoms with van der Waals surface area (Å²) in [6, 6.07) is 16.3. The fraction of sp³-hybridized carbons (Fsp3) is 0.483. The third-order valence-corrected chi connectivity index (χ3v) is 9.28. The van der Waals surface area contributed by atoms with E-state index in [0.29, 0.717) is 18.6 Å². The summed E-state index contributed by atoms with van der Waals surface area (Å²) >= 11 is 0. The van der Waals surface area contributed by atoms with E-state index in [-0.39, 0.29) is 29.6 Å². The van der Waals surface area contributed by atoms with E-state index in [2.05, 4.69) is 23.2 Å². The number of ether oxygens (including phenoxy) is 1. The minimum Gasteiger partial charge on any atom is -0.445 e. The first kappa shape index (κ1) is 23.3. The number of hydrogen-bond acceptors (Lipinski definition) is 4. The minimum atomic E-state index is -0.282. The van der Waals surface area contributed by atoms with Gasteiger partial charge in [-0.05, 0) is 86.4 Å². The summed E-state index contributed by atoms with van der Waals surface area (Å²) in [7, 11) is 2.01. The predicted octanol–water partition coefficient (Wildman–Crippen LogP) is 5.25. The minimum absolute atomic E-state index is 0.0544. The van der Waals surface area contributed by atoms with E-state index in [4.69, 9.17) is 9.72 Å². The Morgan fingerprint density at radius 2 is 1.81 bits per heavy atom. The van der Waals surface area contributed by atoms with Crippen LogP contribution in [-0.4, -0.2) is 41.1 Å². The number of likely N-dealkylation sites (tertiary alicyclic amines) is 1. The van der Waals surface area contributed by atoms with E-state index < -0.39 is 0 Å². The molecule has 186 valence electrons. The van der Waals surface area contributed by atoms with Crippen LogP contribution in [0.2, 0.25) is 6.32 Å². The maximum absolute atomic E-state index is 12.9. The summed E-state index contributed by atoms with van der Waals surface area (Å²) in [6.07, 6.45) is 8.52. The van der Waals surface area contributed by atoms with E-state index in [9.17, 15) is 9.59 Å². The smallest absolute Gasteiger partial charge is 0.410 e. The van der Waals surface area contributed by atoms with Gasteiger partial charge in [-0.15, -0.1) is 0 Å². The molecule has 2 heterocycles. The number of fused-ring (bicyclic) bond motifs is 4. The zero-order valence-electron chi connectivity index (χ0n) is 21.1. The predicted molar refractivity (Wildman–Crippen MR) is 142 cm³/mol. The number of amides is 1. The van der Waals surface area contributed by atoms with Crippen LogP contribution in [0, 0.1) is 5.41 Å². The molecule has 4 fully saturated rings. The highest BCUT2D eigenvalue weighted by Gasteiger charge is 2.52. The number of ketones is 1. The van der Waals surface area contributed by atoms with Gasteiger partial charge in [0.1, 0.15) is 26.1 Å². The lowest BCUT2D eigenvalue weighted by Gasteiger charge is -2.53. The number of H-pyrrole nitrogens is 1. The van der Waals surface area contributed by atoms with E-state index in [0.717, 1.165) is 73.8 Å². The molecule has 1 N–H and O–H groups in total. The SMILES string of the molecule is BCC(=O)C12CCC(c3ccc4[nH]c(C5CCCN5C(=O)OCc5ccccc5)nc4c3)(CC1)CC2. The number of benzene rings is 2. The molecule has 4 aliphatic rings. The highest BCUT2D eigenvalue weighted by Crippen LogP contribution is 2.58. The lowest BCUT2D eigenvalue weighted by molar-refractivity contribution is -0.133. The highest BCUT2D eigenvalue weighted by atomic mass is 16.6. The summed E-state index contributed by atoms with van der Waals surface area (Å²) in [5.74, 6) is 1.31. The summed E-state index contributed by atoms with van der Waals surface area (Å²) in [4.78, 5) is 35.8. The van der Waals surface area contributed by atoms with E-state index in [1.54, 1.807) is 0 Å². The van der Waals surface area contributed by atoms with Crippen molar-refractivity contribution in [2.24, 2.45) is 5.41 Å². The standard InChI is InChI=1S/C29H34BN3O3/c30-18-25(34)29-13-10-28(11-14-29,12-15-29)21-8-9-22-23(17-21)32-26(31-22)24-7-4-16-33(24)27(35)36-19-20-5-2-1-3-6-20/h1-3,5-6,8-9,17,24H,4,7,10-16,18-19,30H2,(H,31,32). The molecule has 3 saturated carbocycles. The number of nitrogens with zero attached hydrogens (tertiary/aromatic N) is 2. The van der Waals surface area contributed by atoms with Crippen LogP contribution in [0.1, 0.15) is 74.4 Å². The van der Waals surface area contributed by atoms with Gasteiger partial charge >= 0.3 is 6.09 Å². The lowest BCUT2D eigenvalue weighted by Crippen LogP contribution is -2.47. The number of Topliss-reactive ketones (excluding diaryl/α,β-unsaturated/α-hetero) is 1. The van der Waals surface area contributed by atoms with E-state index in [1.165, 1.54) is 5.56 Å². The average molecular weight is 483 g/mol. The molecule has 0 spiro atoms. The molecule has 36 heavy (non-hydrogen) atoms. The van der Waals surface area contributed by atoms with Gasteiger partial charge in [0.2, 0.25) is 0 Å². The van der Waals surface area contributed by atoms with Gasteiger partial charge < -0.3 is 9.72 Å². The average Bonchev–Trinajstić information content (AvgIpc) is 3.60. The molecule has 1 aromatic heterocycles. The molecule has 7 rings (SSSR count). The lowest BCUT2D eigenvalue weighted by atomic mass is 9.50. The first-order chi connectivity index (χ1) is 17.5. The number of aromatic nitrogens is 2. The van der Waals surface area contributed by atoms with Gasteiger partial charge in [0, 0.05) is 12.0 Å². The Balaban J connectivity index is 1.19. The number of rotatable bonds is 6. The first-order valence-electron chi connectivity index (χ1n) is 13.5. The zero-order chi connectivity index (χ0) is 24.8. The number of carbonyl (C=O) groups is 2. The fourth-order valence-corrected chi connectivity index (χ4v) is 7.00. The van der Waals surface area contributed by atoms with Crippen molar-refractivity contribution in [1.29, 1.82) is 0 Å². The molecule has 7 heteroatoms. The van der Waals surface area contributed by atoms with Gasteiger partial charge in [0.25, 0.3) is 0 Å². The van der Waals surface area contributed by atoms with Crippen molar-refractivity contribution in [2.75, 3.05) is 6.54 Å². The van der Waals surface area contributed by atoms with Crippen molar-refractivity contribution in [2.45, 2.75) is 75.8 Å². The van der Waals surface area contributed by atoms with Crippen LogP contribution in [-0.2, 0) is 21.6 Å². The summed E-state index contributed by atoms with van der Waals surface area (Å²) < 4.78 is 5.62. The van der Waals surface area contributed by atoms with Crippen molar-refractivity contribution >= 4 is 30.8 Å². The molecular formula is C29H34BN3O3. The molecule has 3 aromatic rings. The molecule has 0 radical (unpaired) electrons. The molecule has 2 bridgehead atoms. The van der Waals surface area contributed by atoms with Crippen LogP contribution in [0.15, 0.2) is 48.5 Å². The Morgan fingerprint density at radius 1 is 1.06 bits per heavy atom. The van der Waals surface area contributed by atoms with Gasteiger partial charge in [-0.1, -0.05) is 36.4 Å². The third kappa shape index (κ3) is 3.93. The quantitative estimate of drug-likeness (QED) is 0.486. The van der Waals surface area contributed by atoms with Crippen molar-refractivity contribution in [3.63, 3.8) is 0 Å². The zero-order valence-corrected chi connectivity index (χ0v) is 21.1. The summed E-state index contributed by atoms with van der Waals surface area (Å²) in [5, 5.41) is 0. The van der Waals surface area contributed by atoms with Gasteiger partial charge in [-0.25, -0.2) is 9.78 Å². The fourth-order valence-electron chi connectivity index (χ4n) is 7.00. The second-order valence-corrected chi connectivity index (χ2v) is 11.1. The Morgan fingerprint density at radius 3 is 2.53 bits per heavy atom. The van der Waals surface area contributed by atoms with E-state index in [1.807, 2.05) is 43.1 Å². The number of hydrogen-bond donors (Lipinski definition) is 1. The Kier molecular flexibility index (Phi) is 5.89. The largest absolute Gasteiger partial charge is 0.445 e. The number of nitrogens with one attached hydrogen (secondary N) is 1. The van der Waals surface area contributed by atoms with Gasteiger partial charge in [0.05, 0.1) is 17.1 Å². The highest BCUT2D eigenvalue weighted by molar-refractivity contribution is 6.21. The monoisotopic (exact) mass is 483 g/mol. The molecule has 6 nitrogen and oxygen atoms in total. The molecule has 1 aliphatic heterocycles. The molecule has 1 saturated heterocycles. The number of imidazole rings is 1. The normalized spacial score (nSPS) is 27.4. The van der Waals surface area contributed by atoms with Crippen molar-refractivity contribution in [1.82, 2.24) is 14.9 Å². The molecule has 1 amide bonds. The Labute approximate surface area is 213 Å². The van der Waals surface area contributed by atoms with Crippen LogP contribution < -0.4 is 0 Å². The van der Waals surface area contributed by atoms with Gasteiger partial charge in [-0.3, -0.25) is 9.69 Å². The summed E-state index contributed by atoms with van der Waals surface area (Å²) in [5.41, 5.74) is 4.44. The Hall–Kier alpha value is -3.09. The number of carbonyl (C=O) groups excluding carboxylic acids is 2. The van der Waals surface area contributed by atoms with Crippen LogP contribution in [0.3, 0.4) is 0 Å². The topological polar surface area (TPSA) is 75.3 Å². The third-order valence-electron chi connectivity index (χ3n) is 9.28. The van der Waals surface area contributed by atoms with Crippen LogP contribution in [0.5, 0.6) is 0 Å². The maximum Gasteiger partial charge on any atom is 0.410 e. The van der Waals surface area contributed by atoms with Crippen LogP contribution in [0.4, 0.5) is 4.79 Å². The molecule has 1 atom stereocenters. The second-order valence-electron chi connectivity index (χ2n) is 11.1. The number of aromatic amines is 1. The Bertz CT molecular complexity index is 1260. The van der Waals surface area contributed by atoms with Gasteiger partial charge in [0.15, 0.2) is 0 Å². The second kappa shape index (κ2) is 9.09. The molecule has 2 aromatic carbocycles. The maximum atomic E-state index is 12.9. The molecule has 1 unspecified atom stereocenters. The van der Waals surface area contributed by atoms with Gasteiger partial charge in [-0.2, -0.15) is 0 Å². The van der Waals surface area contributed by atoms with Crippen molar-refractivity contribution < 1.29 is 14.3 Å². The first-order valence-corrected chi connectivity index (χ1v) is 13.5. The summed E-state index contributed by atoms with van der Waals surface area (Å²) in [6.45, 7) is 0.960. The molecular weight excluding hydrogens is 449 g/mol.